The molecule has 1 aromatic carbocycles. The summed E-state index contributed by atoms with van der Waals surface area (Å²) in [4.78, 5) is 6.62. The van der Waals surface area contributed by atoms with Gasteiger partial charge in [-0.1, -0.05) is 43.4 Å². The second-order valence-corrected chi connectivity index (χ2v) is 7.03. The molecule has 0 radical (unpaired) electrons. The molecule has 1 spiro atoms. The van der Waals surface area contributed by atoms with Crippen molar-refractivity contribution in [3.05, 3.63) is 46.2 Å². The van der Waals surface area contributed by atoms with E-state index in [1.165, 1.54) is 19.3 Å². The molecule has 0 unspecified atom stereocenters. The van der Waals surface area contributed by atoms with E-state index >= 15 is 0 Å². The maximum absolute atomic E-state index is 5.01. The zero-order valence-corrected chi connectivity index (χ0v) is 13.6. The molecule has 4 rings (SSSR count). The molecule has 1 N–H and O–H groups in total. The molecule has 1 aliphatic heterocycles. The van der Waals surface area contributed by atoms with Gasteiger partial charge in [0.05, 0.1) is 6.20 Å². The highest BCUT2D eigenvalue weighted by molar-refractivity contribution is 7.71. The lowest BCUT2D eigenvalue weighted by molar-refractivity contribution is 0.193. The molecule has 2 aromatic rings. The van der Waals surface area contributed by atoms with Crippen LogP contribution in [0.4, 0.5) is 5.95 Å². The van der Waals surface area contributed by atoms with Crippen LogP contribution >= 0.6 is 12.2 Å². The van der Waals surface area contributed by atoms with E-state index in [0.29, 0.717) is 16.0 Å². The number of hydrogen-bond donors (Lipinski definition) is 1. The van der Waals surface area contributed by atoms with Crippen molar-refractivity contribution >= 4 is 18.2 Å². The smallest absolute Gasteiger partial charge is 0.243 e. The van der Waals surface area contributed by atoms with Gasteiger partial charge in [0.2, 0.25) is 5.95 Å². The van der Waals surface area contributed by atoms with E-state index in [4.69, 9.17) is 12.2 Å². The van der Waals surface area contributed by atoms with Gasteiger partial charge in [0.1, 0.15) is 4.64 Å². The predicted octanol–water partition coefficient (Wildman–Crippen LogP) is 3.48. The van der Waals surface area contributed by atoms with Crippen molar-refractivity contribution in [3.8, 4) is 0 Å². The van der Waals surface area contributed by atoms with Crippen LogP contribution in [0.3, 0.4) is 0 Å². The summed E-state index contributed by atoms with van der Waals surface area (Å²) in [5.74, 6) is 1.42. The minimum Gasteiger partial charge on any atom is -0.340 e. The van der Waals surface area contributed by atoms with Crippen molar-refractivity contribution in [3.63, 3.8) is 0 Å². The van der Waals surface area contributed by atoms with Crippen LogP contribution in [0.15, 0.2) is 30.5 Å². The van der Waals surface area contributed by atoms with Gasteiger partial charge in [-0.05, 0) is 41.7 Å². The molecule has 0 bridgehead atoms. The summed E-state index contributed by atoms with van der Waals surface area (Å²) >= 11 is 5.01. The van der Waals surface area contributed by atoms with Gasteiger partial charge >= 0.3 is 0 Å². The van der Waals surface area contributed by atoms with E-state index in [9.17, 15) is 0 Å². The number of nitrogens with zero attached hydrogens (tertiary/aromatic N) is 3. The molecule has 1 atom stereocenters. The Morgan fingerprint density at radius 2 is 2.05 bits per heavy atom. The minimum atomic E-state index is 0.419. The maximum Gasteiger partial charge on any atom is 0.243 e. The Hall–Kier alpha value is -1.75. The summed E-state index contributed by atoms with van der Waals surface area (Å²) in [6.07, 6.45) is 5.29. The van der Waals surface area contributed by atoms with Crippen LogP contribution in [0.5, 0.6) is 0 Å². The fraction of sp³-hybridized carbons (Fsp3) is 0.471. The first-order valence-electron chi connectivity index (χ1n) is 7.92. The van der Waals surface area contributed by atoms with Gasteiger partial charge in [-0.25, -0.2) is 4.98 Å². The first kappa shape index (κ1) is 13.9. The van der Waals surface area contributed by atoms with E-state index in [1.54, 1.807) is 17.3 Å². The van der Waals surface area contributed by atoms with E-state index < -0.39 is 0 Å². The number of anilines is 1. The van der Waals surface area contributed by atoms with Crippen LogP contribution in [-0.4, -0.2) is 28.3 Å². The third-order valence-corrected chi connectivity index (χ3v) is 5.78. The standard InChI is InChI=1S/C17H20N4S/c1-12-14-5-3-2-4-13(14)10-17(12)6-8-21(9-7-17)16-18-11-15(22)19-20-16/h2-5,11-12H,6-10H2,1H3,(H,19,22)/t12-/m1/s1. The minimum absolute atomic E-state index is 0.419. The molecule has 1 fully saturated rings. The molecular formula is C17H20N4S. The third kappa shape index (κ3) is 2.15. The average molecular weight is 312 g/mol. The summed E-state index contributed by atoms with van der Waals surface area (Å²) in [6, 6.07) is 8.94. The van der Waals surface area contributed by atoms with Crippen LogP contribution in [0.25, 0.3) is 0 Å². The van der Waals surface area contributed by atoms with Gasteiger partial charge in [-0.15, -0.1) is 5.10 Å². The largest absolute Gasteiger partial charge is 0.340 e. The number of rotatable bonds is 1. The highest BCUT2D eigenvalue weighted by Gasteiger charge is 2.45. The van der Waals surface area contributed by atoms with Crippen LogP contribution in [0.1, 0.15) is 36.8 Å². The first-order valence-corrected chi connectivity index (χ1v) is 8.33. The second-order valence-electron chi connectivity index (χ2n) is 6.59. The van der Waals surface area contributed by atoms with Crippen LogP contribution in [-0.2, 0) is 6.42 Å². The number of hydrogen-bond acceptors (Lipinski definition) is 4. The molecule has 2 aliphatic rings. The highest BCUT2D eigenvalue weighted by atomic mass is 32.1. The van der Waals surface area contributed by atoms with Crippen molar-refractivity contribution in [1.82, 2.24) is 15.2 Å². The topological polar surface area (TPSA) is 44.8 Å². The molecule has 0 saturated carbocycles. The lowest BCUT2D eigenvalue weighted by Gasteiger charge is -2.42. The summed E-state index contributed by atoms with van der Waals surface area (Å²) in [6.45, 7) is 4.43. The van der Waals surface area contributed by atoms with Crippen molar-refractivity contribution < 1.29 is 0 Å². The number of H-pyrrole nitrogens is 1. The molecule has 114 valence electrons. The van der Waals surface area contributed by atoms with Gasteiger partial charge in [0.15, 0.2) is 0 Å². The zero-order valence-electron chi connectivity index (χ0n) is 12.7. The van der Waals surface area contributed by atoms with Gasteiger partial charge in [0, 0.05) is 13.1 Å². The Kier molecular flexibility index (Phi) is 3.26. The summed E-state index contributed by atoms with van der Waals surface area (Å²) in [7, 11) is 0. The fourth-order valence-corrected chi connectivity index (χ4v) is 4.27. The maximum atomic E-state index is 5.01. The van der Waals surface area contributed by atoms with Crippen LogP contribution in [0.2, 0.25) is 0 Å². The van der Waals surface area contributed by atoms with Crippen molar-refractivity contribution in [1.29, 1.82) is 0 Å². The second kappa shape index (κ2) is 5.16. The van der Waals surface area contributed by atoms with Crippen LogP contribution < -0.4 is 4.90 Å². The summed E-state index contributed by atoms with van der Waals surface area (Å²) in [5.41, 5.74) is 3.52. The van der Waals surface area contributed by atoms with Crippen LogP contribution in [0, 0.1) is 10.1 Å². The molecule has 5 heteroatoms. The van der Waals surface area contributed by atoms with Crippen molar-refractivity contribution in [2.75, 3.05) is 18.0 Å². The molecule has 1 saturated heterocycles. The first-order chi connectivity index (χ1) is 10.7. The summed E-state index contributed by atoms with van der Waals surface area (Å²) < 4.78 is 0.581. The number of benzene rings is 1. The third-order valence-electron chi connectivity index (χ3n) is 5.59. The number of aromatic amines is 1. The zero-order chi connectivity index (χ0) is 15.2. The Morgan fingerprint density at radius 3 is 2.73 bits per heavy atom. The normalized spacial score (nSPS) is 22.8. The van der Waals surface area contributed by atoms with Gasteiger partial charge < -0.3 is 4.90 Å². The number of piperidine rings is 1. The Labute approximate surface area is 135 Å². The molecule has 2 heterocycles. The summed E-state index contributed by atoms with van der Waals surface area (Å²) in [5, 5.41) is 7.10. The highest BCUT2D eigenvalue weighted by Crippen LogP contribution is 2.53. The van der Waals surface area contributed by atoms with E-state index in [1.807, 2.05) is 0 Å². The number of nitrogens with one attached hydrogen (secondary N) is 1. The lowest BCUT2D eigenvalue weighted by atomic mass is 9.70. The number of aromatic nitrogens is 3. The molecular weight excluding hydrogens is 292 g/mol. The molecule has 22 heavy (non-hydrogen) atoms. The SMILES string of the molecule is C[C@@H]1c2ccccc2CC12CCN(c1ncc(=S)[nH]n1)CC2. The van der Waals surface area contributed by atoms with Gasteiger partial charge in [-0.2, -0.15) is 0 Å². The quantitative estimate of drug-likeness (QED) is 0.819. The monoisotopic (exact) mass is 312 g/mol. The Morgan fingerprint density at radius 1 is 1.27 bits per heavy atom. The predicted molar refractivity (Wildman–Crippen MR) is 89.7 cm³/mol. The molecule has 1 aliphatic carbocycles. The molecule has 1 aromatic heterocycles. The fourth-order valence-electron chi connectivity index (χ4n) is 4.17. The van der Waals surface area contributed by atoms with E-state index in [2.05, 4.69) is 51.3 Å². The molecule has 4 nitrogen and oxygen atoms in total. The molecule has 0 amide bonds. The van der Waals surface area contributed by atoms with Gasteiger partial charge in [-0.3, -0.25) is 5.10 Å². The van der Waals surface area contributed by atoms with Crippen molar-refractivity contribution in [2.45, 2.75) is 32.1 Å². The average Bonchev–Trinajstić information content (AvgIpc) is 2.82. The Balaban J connectivity index is 1.53. The van der Waals surface area contributed by atoms with E-state index in [-0.39, 0.29) is 0 Å². The number of fused-ring (bicyclic) bond motifs is 1. The van der Waals surface area contributed by atoms with E-state index in [0.717, 1.165) is 19.0 Å². The van der Waals surface area contributed by atoms with Crippen molar-refractivity contribution in [2.24, 2.45) is 5.41 Å². The van der Waals surface area contributed by atoms with Gasteiger partial charge in [0.25, 0.3) is 0 Å². The Bertz CT molecular complexity index is 726. The lowest BCUT2D eigenvalue weighted by Crippen LogP contribution is -2.42.